The molecule has 1 fully saturated rings. The smallest absolute Gasteiger partial charge is 0.241 e. The minimum atomic E-state index is 0.00435. The average Bonchev–Trinajstić information content (AvgIpc) is 2.57. The molecule has 1 N–H and O–H groups in total. The molecule has 0 aromatic carbocycles. The zero-order valence-corrected chi connectivity index (χ0v) is 12.4. The number of hydrogen-bond donors (Lipinski definition) is 1. The van der Waals surface area contributed by atoms with E-state index < -0.39 is 0 Å². The van der Waals surface area contributed by atoms with Crippen molar-refractivity contribution in [3.8, 4) is 0 Å². The van der Waals surface area contributed by atoms with Gasteiger partial charge in [0.15, 0.2) is 0 Å². The van der Waals surface area contributed by atoms with Crippen molar-refractivity contribution >= 4 is 5.91 Å². The van der Waals surface area contributed by atoms with E-state index in [4.69, 9.17) is 4.74 Å². The zero-order chi connectivity index (χ0) is 13.7. The largest absolute Gasteiger partial charge is 0.384 e. The number of ether oxygens (including phenoxy) is 1. The van der Waals surface area contributed by atoms with E-state index in [9.17, 15) is 4.79 Å². The van der Waals surface area contributed by atoms with Gasteiger partial charge in [0.05, 0.1) is 18.8 Å². The quantitative estimate of drug-likeness (QED) is 0.756. The van der Waals surface area contributed by atoms with Gasteiger partial charge in [0.25, 0.3) is 0 Å². The lowest BCUT2D eigenvalue weighted by Crippen LogP contribution is -2.40. The third-order valence-corrected chi connectivity index (χ3v) is 3.40. The number of nitrogens with zero attached hydrogens (tertiary/aromatic N) is 1. The molecule has 1 aliphatic heterocycles. The SMILES string of the molecule is CCC1NC(CC(C)C)C(=O)N1CC(C)COC. The molecule has 0 aromatic heterocycles. The number of carbonyl (C=O) groups excluding carboxylic acids is 1. The highest BCUT2D eigenvalue weighted by atomic mass is 16.5. The molecule has 1 amide bonds. The topological polar surface area (TPSA) is 41.6 Å². The van der Waals surface area contributed by atoms with Gasteiger partial charge in [-0.15, -0.1) is 0 Å². The first-order valence-corrected chi connectivity index (χ1v) is 7.05. The fraction of sp³-hybridized carbons (Fsp3) is 0.929. The van der Waals surface area contributed by atoms with Gasteiger partial charge < -0.3 is 9.64 Å². The number of methoxy groups -OCH3 is 1. The highest BCUT2D eigenvalue weighted by molar-refractivity contribution is 5.84. The van der Waals surface area contributed by atoms with Crippen molar-refractivity contribution in [2.24, 2.45) is 11.8 Å². The third-order valence-electron chi connectivity index (χ3n) is 3.40. The van der Waals surface area contributed by atoms with Gasteiger partial charge in [0, 0.05) is 13.7 Å². The second-order valence-electron chi connectivity index (χ2n) is 5.82. The highest BCUT2D eigenvalue weighted by Gasteiger charge is 2.38. The van der Waals surface area contributed by atoms with Crippen LogP contribution in [-0.2, 0) is 9.53 Å². The van der Waals surface area contributed by atoms with E-state index >= 15 is 0 Å². The molecule has 1 rings (SSSR count). The molecule has 18 heavy (non-hydrogen) atoms. The first kappa shape index (κ1) is 15.4. The maximum absolute atomic E-state index is 12.4. The van der Waals surface area contributed by atoms with Crippen molar-refractivity contribution < 1.29 is 9.53 Å². The predicted octanol–water partition coefficient (Wildman–Crippen LogP) is 1.85. The lowest BCUT2D eigenvalue weighted by molar-refractivity contribution is -0.131. The van der Waals surface area contributed by atoms with Gasteiger partial charge in [-0.05, 0) is 24.7 Å². The van der Waals surface area contributed by atoms with Crippen LogP contribution in [0.5, 0.6) is 0 Å². The molecule has 0 aromatic rings. The minimum absolute atomic E-state index is 0.00435. The molecule has 0 bridgehead atoms. The van der Waals surface area contributed by atoms with Crippen molar-refractivity contribution in [1.82, 2.24) is 10.2 Å². The van der Waals surface area contributed by atoms with Gasteiger partial charge in [0.2, 0.25) is 5.91 Å². The number of rotatable bonds is 7. The van der Waals surface area contributed by atoms with Gasteiger partial charge in [0.1, 0.15) is 0 Å². The molecule has 1 aliphatic rings. The van der Waals surface area contributed by atoms with Crippen molar-refractivity contribution in [3.63, 3.8) is 0 Å². The summed E-state index contributed by atoms with van der Waals surface area (Å²) in [4.78, 5) is 14.4. The molecule has 4 heteroatoms. The monoisotopic (exact) mass is 256 g/mol. The van der Waals surface area contributed by atoms with Crippen LogP contribution in [0.15, 0.2) is 0 Å². The summed E-state index contributed by atoms with van der Waals surface area (Å²) in [7, 11) is 1.71. The molecule has 0 saturated carbocycles. The molecule has 1 heterocycles. The number of carbonyl (C=O) groups is 1. The summed E-state index contributed by atoms with van der Waals surface area (Å²) in [5.74, 6) is 1.19. The molecular formula is C14H28N2O2. The fourth-order valence-electron chi connectivity index (χ4n) is 2.62. The van der Waals surface area contributed by atoms with Crippen LogP contribution in [0.1, 0.15) is 40.5 Å². The normalized spacial score (nSPS) is 26.1. The van der Waals surface area contributed by atoms with Crippen LogP contribution in [-0.4, -0.2) is 43.3 Å². The molecule has 3 atom stereocenters. The number of nitrogens with one attached hydrogen (secondary N) is 1. The molecule has 1 saturated heterocycles. The van der Waals surface area contributed by atoms with E-state index in [2.05, 4.69) is 33.0 Å². The summed E-state index contributed by atoms with van der Waals surface area (Å²) in [5, 5.41) is 3.45. The summed E-state index contributed by atoms with van der Waals surface area (Å²) < 4.78 is 5.15. The molecule has 4 nitrogen and oxygen atoms in total. The highest BCUT2D eigenvalue weighted by Crippen LogP contribution is 2.20. The van der Waals surface area contributed by atoms with E-state index in [1.807, 2.05) is 4.90 Å². The Morgan fingerprint density at radius 3 is 2.56 bits per heavy atom. The molecule has 0 radical (unpaired) electrons. The maximum Gasteiger partial charge on any atom is 0.241 e. The Hall–Kier alpha value is -0.610. The van der Waals surface area contributed by atoms with E-state index in [0.29, 0.717) is 18.4 Å². The zero-order valence-electron chi connectivity index (χ0n) is 12.4. The van der Waals surface area contributed by atoms with E-state index in [-0.39, 0.29) is 18.1 Å². The minimum Gasteiger partial charge on any atom is -0.384 e. The van der Waals surface area contributed by atoms with Gasteiger partial charge in [-0.25, -0.2) is 0 Å². The van der Waals surface area contributed by atoms with Gasteiger partial charge >= 0.3 is 0 Å². The predicted molar refractivity (Wildman–Crippen MR) is 73.2 cm³/mol. The van der Waals surface area contributed by atoms with Crippen LogP contribution in [0, 0.1) is 11.8 Å². The van der Waals surface area contributed by atoms with Crippen LogP contribution in [0.3, 0.4) is 0 Å². The van der Waals surface area contributed by atoms with Crippen molar-refractivity contribution in [1.29, 1.82) is 0 Å². The maximum atomic E-state index is 12.4. The van der Waals surface area contributed by atoms with Crippen molar-refractivity contribution in [2.45, 2.75) is 52.7 Å². The Kier molecular flexibility index (Phi) is 6.09. The van der Waals surface area contributed by atoms with Gasteiger partial charge in [-0.2, -0.15) is 0 Å². The third kappa shape index (κ3) is 3.95. The Balaban J connectivity index is 2.61. The standard InChI is InChI=1S/C14H28N2O2/c1-6-13-15-12(7-10(2)3)14(17)16(13)8-11(4)9-18-5/h10-13,15H,6-9H2,1-5H3. The second-order valence-corrected chi connectivity index (χ2v) is 5.82. The van der Waals surface area contributed by atoms with Crippen LogP contribution in [0.25, 0.3) is 0 Å². The Morgan fingerprint density at radius 1 is 1.39 bits per heavy atom. The molecule has 3 unspecified atom stereocenters. The van der Waals surface area contributed by atoms with Crippen LogP contribution in [0.4, 0.5) is 0 Å². The van der Waals surface area contributed by atoms with Gasteiger partial charge in [-0.3, -0.25) is 10.1 Å². The van der Waals surface area contributed by atoms with E-state index in [1.165, 1.54) is 0 Å². The lowest BCUT2D eigenvalue weighted by Gasteiger charge is -2.26. The number of hydrogen-bond acceptors (Lipinski definition) is 3. The molecule has 0 aliphatic carbocycles. The summed E-state index contributed by atoms with van der Waals surface area (Å²) in [5.41, 5.74) is 0. The van der Waals surface area contributed by atoms with Gasteiger partial charge in [-0.1, -0.05) is 27.7 Å². The summed E-state index contributed by atoms with van der Waals surface area (Å²) in [6.07, 6.45) is 2.07. The van der Waals surface area contributed by atoms with E-state index in [1.54, 1.807) is 7.11 Å². The average molecular weight is 256 g/mol. The summed E-state index contributed by atoms with van der Waals surface area (Å²) in [6, 6.07) is 0.00435. The van der Waals surface area contributed by atoms with E-state index in [0.717, 1.165) is 19.4 Å². The van der Waals surface area contributed by atoms with Crippen molar-refractivity contribution in [3.05, 3.63) is 0 Å². The number of amides is 1. The molecule has 106 valence electrons. The first-order chi connectivity index (χ1) is 8.49. The van der Waals surface area contributed by atoms with Crippen LogP contribution < -0.4 is 5.32 Å². The Labute approximate surface area is 111 Å². The Morgan fingerprint density at radius 2 is 2.06 bits per heavy atom. The van der Waals surface area contributed by atoms with Crippen molar-refractivity contribution in [2.75, 3.05) is 20.3 Å². The van der Waals surface area contributed by atoms with Crippen LogP contribution in [0.2, 0.25) is 0 Å². The first-order valence-electron chi connectivity index (χ1n) is 7.05. The molecule has 0 spiro atoms. The summed E-state index contributed by atoms with van der Waals surface area (Å²) in [6.45, 7) is 10.1. The Bertz CT molecular complexity index is 269. The fourth-order valence-corrected chi connectivity index (χ4v) is 2.62. The lowest BCUT2D eigenvalue weighted by atomic mass is 10.0. The molecular weight excluding hydrogens is 228 g/mol. The second kappa shape index (κ2) is 7.10. The summed E-state index contributed by atoms with van der Waals surface area (Å²) >= 11 is 0. The van der Waals surface area contributed by atoms with Crippen LogP contribution >= 0.6 is 0 Å².